The van der Waals surface area contributed by atoms with E-state index in [0.29, 0.717) is 0 Å². The van der Waals surface area contributed by atoms with E-state index in [9.17, 15) is 8.42 Å². The SMILES string of the molecule is CCCCc1ccccc1S(N)(=O)=O.[K]. The molecule has 0 aliphatic rings. The molecule has 1 aromatic rings. The molecular weight excluding hydrogens is 237 g/mol. The Hall–Kier alpha value is 0.766. The molecule has 0 aliphatic heterocycles. The number of benzene rings is 1. The van der Waals surface area contributed by atoms with Crippen molar-refractivity contribution in [2.75, 3.05) is 0 Å². The van der Waals surface area contributed by atoms with Crippen LogP contribution >= 0.6 is 0 Å². The van der Waals surface area contributed by atoms with Crippen molar-refractivity contribution in [2.45, 2.75) is 31.1 Å². The minimum Gasteiger partial charge on any atom is -0.225 e. The van der Waals surface area contributed by atoms with Gasteiger partial charge >= 0.3 is 0 Å². The number of aryl methyl sites for hydroxylation is 1. The van der Waals surface area contributed by atoms with E-state index in [2.05, 4.69) is 6.92 Å². The molecule has 0 bridgehead atoms. The first kappa shape index (κ1) is 15.8. The summed E-state index contributed by atoms with van der Waals surface area (Å²) in [7, 11) is -3.56. The standard InChI is InChI=1S/C10H15NO2S.K/c1-2-3-6-9-7-4-5-8-10(9)14(11,12)13;/h4-5,7-8H,2-3,6H2,1H3,(H2,11,12,13);. The average Bonchev–Trinajstić information content (AvgIpc) is 2.14. The summed E-state index contributed by atoms with van der Waals surface area (Å²) in [5, 5.41) is 5.10. The quantitative estimate of drug-likeness (QED) is 0.821. The van der Waals surface area contributed by atoms with Gasteiger partial charge in [0.15, 0.2) is 0 Å². The van der Waals surface area contributed by atoms with Gasteiger partial charge in [-0.2, -0.15) is 0 Å². The molecule has 0 atom stereocenters. The molecule has 0 heterocycles. The normalized spacial score (nSPS) is 10.8. The number of hydrogen-bond donors (Lipinski definition) is 1. The molecule has 0 saturated carbocycles. The molecule has 79 valence electrons. The summed E-state index contributed by atoms with van der Waals surface area (Å²) in [5.74, 6) is 0. The second-order valence-electron chi connectivity index (χ2n) is 3.26. The van der Waals surface area contributed by atoms with Gasteiger partial charge in [0, 0.05) is 51.4 Å². The third-order valence-electron chi connectivity index (χ3n) is 2.08. The third kappa shape index (κ3) is 5.08. The van der Waals surface area contributed by atoms with E-state index in [1.165, 1.54) is 0 Å². The summed E-state index contributed by atoms with van der Waals surface area (Å²) >= 11 is 0. The molecule has 0 saturated heterocycles. The number of primary sulfonamides is 1. The van der Waals surface area contributed by atoms with Gasteiger partial charge < -0.3 is 0 Å². The van der Waals surface area contributed by atoms with Gasteiger partial charge in [-0.25, -0.2) is 13.6 Å². The summed E-state index contributed by atoms with van der Waals surface area (Å²) in [6.45, 7) is 2.07. The Bertz CT molecular complexity index is 404. The second kappa shape index (κ2) is 7.16. The topological polar surface area (TPSA) is 60.2 Å². The number of hydrogen-bond acceptors (Lipinski definition) is 2. The molecule has 1 radical (unpaired) electrons. The fraction of sp³-hybridized carbons (Fsp3) is 0.400. The fourth-order valence-corrected chi connectivity index (χ4v) is 2.16. The van der Waals surface area contributed by atoms with Crippen LogP contribution in [0.15, 0.2) is 29.2 Å². The van der Waals surface area contributed by atoms with Crippen LogP contribution in [0.3, 0.4) is 0 Å². The van der Waals surface area contributed by atoms with Crippen molar-refractivity contribution >= 4 is 61.4 Å². The van der Waals surface area contributed by atoms with Crippen molar-refractivity contribution in [3.63, 3.8) is 0 Å². The minimum atomic E-state index is -3.56. The minimum absolute atomic E-state index is 0. The maximum absolute atomic E-state index is 11.2. The number of sulfonamides is 1. The summed E-state index contributed by atoms with van der Waals surface area (Å²) in [4.78, 5) is 0.258. The number of rotatable bonds is 4. The van der Waals surface area contributed by atoms with Gasteiger partial charge in [0.1, 0.15) is 0 Å². The maximum Gasteiger partial charge on any atom is 0.238 e. The van der Waals surface area contributed by atoms with Crippen molar-refractivity contribution in [2.24, 2.45) is 5.14 Å². The molecule has 1 aromatic carbocycles. The molecule has 0 amide bonds. The van der Waals surface area contributed by atoms with Crippen LogP contribution < -0.4 is 5.14 Å². The van der Waals surface area contributed by atoms with Crippen LogP contribution in [0, 0.1) is 0 Å². The molecule has 0 aliphatic carbocycles. The van der Waals surface area contributed by atoms with Crippen LogP contribution in [-0.4, -0.2) is 59.8 Å². The van der Waals surface area contributed by atoms with Crippen molar-refractivity contribution in [3.05, 3.63) is 29.8 Å². The molecule has 15 heavy (non-hydrogen) atoms. The third-order valence-corrected chi connectivity index (χ3v) is 3.09. The zero-order chi connectivity index (χ0) is 10.6. The molecule has 1 rings (SSSR count). The number of nitrogens with two attached hydrogens (primary N) is 1. The fourth-order valence-electron chi connectivity index (χ4n) is 1.36. The van der Waals surface area contributed by atoms with Gasteiger partial charge in [-0.05, 0) is 24.5 Å². The monoisotopic (exact) mass is 252 g/mol. The van der Waals surface area contributed by atoms with Crippen molar-refractivity contribution < 1.29 is 8.42 Å². The van der Waals surface area contributed by atoms with E-state index in [0.717, 1.165) is 24.8 Å². The summed E-state index contributed by atoms with van der Waals surface area (Å²) in [6.07, 6.45) is 2.79. The van der Waals surface area contributed by atoms with E-state index >= 15 is 0 Å². The van der Waals surface area contributed by atoms with Crippen molar-refractivity contribution in [3.8, 4) is 0 Å². The van der Waals surface area contributed by atoms with Crippen molar-refractivity contribution in [1.82, 2.24) is 0 Å². The van der Waals surface area contributed by atoms with Crippen LogP contribution in [0.25, 0.3) is 0 Å². The largest absolute Gasteiger partial charge is 0.238 e. The zero-order valence-electron chi connectivity index (χ0n) is 9.23. The predicted octanol–water partition coefficient (Wildman–Crippen LogP) is 1.30. The molecule has 0 spiro atoms. The molecule has 0 fully saturated rings. The Kier molecular flexibility index (Phi) is 7.53. The van der Waals surface area contributed by atoms with Crippen LogP contribution in [0.4, 0.5) is 0 Å². The molecule has 0 aromatic heterocycles. The van der Waals surface area contributed by atoms with Crippen LogP contribution in [-0.2, 0) is 16.4 Å². The Balaban J connectivity index is 0.00000196. The smallest absolute Gasteiger partial charge is 0.225 e. The Morgan fingerprint density at radius 3 is 2.40 bits per heavy atom. The first-order valence-corrected chi connectivity index (χ1v) is 6.21. The van der Waals surface area contributed by atoms with Crippen LogP contribution in [0.1, 0.15) is 25.3 Å². The van der Waals surface area contributed by atoms with Gasteiger partial charge in [-0.15, -0.1) is 0 Å². The molecule has 3 nitrogen and oxygen atoms in total. The number of unbranched alkanes of at least 4 members (excludes halogenated alkanes) is 1. The maximum atomic E-state index is 11.2. The Labute approximate surface area is 134 Å². The molecule has 5 heteroatoms. The van der Waals surface area contributed by atoms with Gasteiger partial charge in [-0.3, -0.25) is 0 Å². The summed E-state index contributed by atoms with van der Waals surface area (Å²) in [5.41, 5.74) is 0.817. The Morgan fingerprint density at radius 1 is 1.27 bits per heavy atom. The first-order chi connectivity index (χ1) is 6.55. The van der Waals surface area contributed by atoms with Gasteiger partial charge in [0.2, 0.25) is 10.0 Å². The molecular formula is C10H15KNO2S. The molecule has 0 unspecified atom stereocenters. The van der Waals surface area contributed by atoms with Crippen LogP contribution in [0.5, 0.6) is 0 Å². The van der Waals surface area contributed by atoms with E-state index in [1.807, 2.05) is 12.1 Å². The first-order valence-electron chi connectivity index (χ1n) is 4.66. The average molecular weight is 252 g/mol. The van der Waals surface area contributed by atoms with Gasteiger partial charge in [0.05, 0.1) is 4.90 Å². The zero-order valence-corrected chi connectivity index (χ0v) is 13.2. The van der Waals surface area contributed by atoms with E-state index in [1.54, 1.807) is 12.1 Å². The van der Waals surface area contributed by atoms with Gasteiger partial charge in [0.25, 0.3) is 0 Å². The Morgan fingerprint density at radius 2 is 1.87 bits per heavy atom. The van der Waals surface area contributed by atoms with Crippen LogP contribution in [0.2, 0.25) is 0 Å². The second-order valence-corrected chi connectivity index (χ2v) is 4.79. The summed E-state index contributed by atoms with van der Waals surface area (Å²) in [6, 6.07) is 6.89. The van der Waals surface area contributed by atoms with E-state index in [4.69, 9.17) is 5.14 Å². The van der Waals surface area contributed by atoms with E-state index < -0.39 is 10.0 Å². The molecule has 2 N–H and O–H groups in total. The summed E-state index contributed by atoms with van der Waals surface area (Å²) < 4.78 is 22.4. The van der Waals surface area contributed by atoms with Gasteiger partial charge in [-0.1, -0.05) is 31.5 Å². The van der Waals surface area contributed by atoms with Crippen molar-refractivity contribution in [1.29, 1.82) is 0 Å². The van der Waals surface area contributed by atoms with E-state index in [-0.39, 0.29) is 56.3 Å². The predicted molar refractivity (Wildman–Crippen MR) is 62.2 cm³/mol.